The molecule has 0 saturated carbocycles. The van der Waals surface area contributed by atoms with E-state index in [1.165, 1.54) is 12.1 Å². The summed E-state index contributed by atoms with van der Waals surface area (Å²) in [4.78, 5) is 34.0. The molecule has 22 heavy (non-hydrogen) atoms. The van der Waals surface area contributed by atoms with Gasteiger partial charge in [-0.2, -0.15) is 0 Å². The van der Waals surface area contributed by atoms with Crippen molar-refractivity contribution in [1.82, 2.24) is 10.6 Å². The summed E-state index contributed by atoms with van der Waals surface area (Å²) in [6.45, 7) is 2.08. The highest BCUT2D eigenvalue weighted by Gasteiger charge is 2.08. The first-order valence-corrected chi connectivity index (χ1v) is 6.83. The Balaban J connectivity index is 1.92. The maximum atomic E-state index is 11.5. The Hall–Kier alpha value is -2.83. The molecule has 0 radical (unpaired) electrons. The van der Waals surface area contributed by atoms with Gasteiger partial charge in [0.1, 0.15) is 11.3 Å². The molecule has 0 bridgehead atoms. The van der Waals surface area contributed by atoms with Crippen molar-refractivity contribution in [1.29, 1.82) is 0 Å². The van der Waals surface area contributed by atoms with Crippen molar-refractivity contribution < 1.29 is 18.7 Å². The van der Waals surface area contributed by atoms with Crippen LogP contribution in [0.2, 0.25) is 0 Å². The van der Waals surface area contributed by atoms with Gasteiger partial charge >= 0.3 is 11.7 Å². The third-order valence-electron chi connectivity index (χ3n) is 2.75. The topological polar surface area (TPSA) is 97.6 Å². The first kappa shape index (κ1) is 15.6. The molecule has 0 aliphatic rings. The molecule has 7 nitrogen and oxygen atoms in total. The maximum absolute atomic E-state index is 11.5. The Morgan fingerprint density at radius 2 is 2.00 bits per heavy atom. The molecule has 116 valence electrons. The predicted molar refractivity (Wildman–Crippen MR) is 79.8 cm³/mol. The van der Waals surface area contributed by atoms with E-state index >= 15 is 0 Å². The Morgan fingerprint density at radius 1 is 1.23 bits per heavy atom. The number of rotatable bonds is 5. The normalized spacial score (nSPS) is 10.2. The zero-order valence-corrected chi connectivity index (χ0v) is 12.0. The first-order valence-electron chi connectivity index (χ1n) is 6.83. The monoisotopic (exact) mass is 304 g/mol. The number of hydrogen-bond donors (Lipinski definition) is 2. The number of amides is 3. The van der Waals surface area contributed by atoms with E-state index < -0.39 is 17.6 Å². The standard InChI is InChI=1S/C15H16N2O5/c1-2-7-16-15(20)17-13(18)9-21-11-5-3-10-4-6-14(19)22-12(10)8-11/h3-6,8H,2,7,9H2,1H3,(H2,16,17,18,20). The number of hydrogen-bond acceptors (Lipinski definition) is 5. The summed E-state index contributed by atoms with van der Waals surface area (Å²) in [6, 6.07) is 7.27. The van der Waals surface area contributed by atoms with Gasteiger partial charge in [-0.05, 0) is 24.6 Å². The summed E-state index contributed by atoms with van der Waals surface area (Å²) < 4.78 is 10.3. The van der Waals surface area contributed by atoms with Crippen LogP contribution in [0.4, 0.5) is 4.79 Å². The molecule has 1 aromatic heterocycles. The molecule has 2 N–H and O–H groups in total. The highest BCUT2D eigenvalue weighted by molar-refractivity contribution is 5.95. The fourth-order valence-electron chi connectivity index (χ4n) is 1.73. The molecule has 0 fully saturated rings. The van der Waals surface area contributed by atoms with Crippen LogP contribution in [0.15, 0.2) is 39.5 Å². The number of urea groups is 1. The summed E-state index contributed by atoms with van der Waals surface area (Å²) in [5.74, 6) is -0.200. The van der Waals surface area contributed by atoms with E-state index in [-0.39, 0.29) is 6.61 Å². The van der Waals surface area contributed by atoms with Crippen LogP contribution in [0.25, 0.3) is 11.0 Å². The van der Waals surface area contributed by atoms with Gasteiger partial charge in [0.15, 0.2) is 6.61 Å². The third kappa shape index (κ3) is 4.34. The highest BCUT2D eigenvalue weighted by atomic mass is 16.5. The van der Waals surface area contributed by atoms with Gasteiger partial charge in [0.05, 0.1) is 0 Å². The van der Waals surface area contributed by atoms with E-state index in [0.29, 0.717) is 17.9 Å². The summed E-state index contributed by atoms with van der Waals surface area (Å²) in [7, 11) is 0. The second-order valence-electron chi connectivity index (χ2n) is 4.55. The Kier molecular flexibility index (Phi) is 5.13. The van der Waals surface area contributed by atoms with E-state index in [2.05, 4.69) is 10.6 Å². The molecule has 7 heteroatoms. The van der Waals surface area contributed by atoms with Gasteiger partial charge in [-0.3, -0.25) is 10.1 Å². The Labute approximate surface area is 126 Å². The highest BCUT2D eigenvalue weighted by Crippen LogP contribution is 2.19. The van der Waals surface area contributed by atoms with Crippen molar-refractivity contribution in [2.45, 2.75) is 13.3 Å². The summed E-state index contributed by atoms with van der Waals surface area (Å²) in [5.41, 5.74) is -0.0962. The number of nitrogens with one attached hydrogen (secondary N) is 2. The Bertz CT molecular complexity index is 738. The van der Waals surface area contributed by atoms with Gasteiger partial charge in [-0.25, -0.2) is 9.59 Å². The number of imide groups is 1. The molecule has 0 aliphatic heterocycles. The van der Waals surface area contributed by atoms with Crippen LogP contribution in [-0.2, 0) is 4.79 Å². The van der Waals surface area contributed by atoms with Crippen LogP contribution >= 0.6 is 0 Å². The number of carbonyl (C=O) groups excluding carboxylic acids is 2. The fraction of sp³-hybridized carbons (Fsp3) is 0.267. The van der Waals surface area contributed by atoms with Crippen molar-refractivity contribution >= 4 is 22.9 Å². The first-order chi connectivity index (χ1) is 10.6. The molecular formula is C15H16N2O5. The van der Waals surface area contributed by atoms with Crippen molar-refractivity contribution in [3.05, 3.63) is 40.8 Å². The van der Waals surface area contributed by atoms with Crippen molar-refractivity contribution in [3.8, 4) is 5.75 Å². The van der Waals surface area contributed by atoms with Crippen molar-refractivity contribution in [3.63, 3.8) is 0 Å². The average Bonchev–Trinajstić information content (AvgIpc) is 2.50. The fourth-order valence-corrected chi connectivity index (χ4v) is 1.73. The van der Waals surface area contributed by atoms with Crippen LogP contribution in [0.1, 0.15) is 13.3 Å². The van der Waals surface area contributed by atoms with E-state index in [1.807, 2.05) is 6.92 Å². The van der Waals surface area contributed by atoms with Crippen LogP contribution in [0.3, 0.4) is 0 Å². The molecule has 2 aromatic rings. The maximum Gasteiger partial charge on any atom is 0.336 e. The second kappa shape index (κ2) is 7.26. The molecule has 0 atom stereocenters. The minimum Gasteiger partial charge on any atom is -0.484 e. The zero-order valence-electron chi connectivity index (χ0n) is 12.0. The average molecular weight is 304 g/mol. The molecule has 1 aromatic carbocycles. The number of fused-ring (bicyclic) bond motifs is 1. The van der Waals surface area contributed by atoms with E-state index in [4.69, 9.17) is 9.15 Å². The zero-order chi connectivity index (χ0) is 15.9. The third-order valence-corrected chi connectivity index (χ3v) is 2.75. The van der Waals surface area contributed by atoms with Crippen LogP contribution in [-0.4, -0.2) is 25.1 Å². The quantitative estimate of drug-likeness (QED) is 0.814. The number of ether oxygens (including phenoxy) is 1. The minimum atomic E-state index is -0.566. The molecule has 0 spiro atoms. The van der Waals surface area contributed by atoms with Gasteiger partial charge in [0.25, 0.3) is 5.91 Å². The molecular weight excluding hydrogens is 288 g/mol. The molecule has 1 heterocycles. The molecule has 2 rings (SSSR count). The number of carbonyl (C=O) groups is 2. The molecule has 0 unspecified atom stereocenters. The van der Waals surface area contributed by atoms with Crippen molar-refractivity contribution in [2.75, 3.05) is 13.2 Å². The predicted octanol–water partition coefficient (Wildman–Crippen LogP) is 1.41. The largest absolute Gasteiger partial charge is 0.484 e. The SMILES string of the molecule is CCCNC(=O)NC(=O)COc1ccc2ccc(=O)oc2c1. The lowest BCUT2D eigenvalue weighted by Gasteiger charge is -2.08. The van der Waals surface area contributed by atoms with Crippen molar-refractivity contribution in [2.24, 2.45) is 0 Å². The lowest BCUT2D eigenvalue weighted by Crippen LogP contribution is -2.41. The summed E-state index contributed by atoms with van der Waals surface area (Å²) in [5, 5.41) is 5.41. The van der Waals surface area contributed by atoms with Crippen LogP contribution in [0.5, 0.6) is 5.75 Å². The second-order valence-corrected chi connectivity index (χ2v) is 4.55. The lowest BCUT2D eigenvalue weighted by molar-refractivity contribution is -0.122. The van der Waals surface area contributed by atoms with E-state index in [9.17, 15) is 14.4 Å². The number of benzene rings is 1. The van der Waals surface area contributed by atoms with E-state index in [0.717, 1.165) is 11.8 Å². The molecule has 3 amide bonds. The minimum absolute atomic E-state index is 0.317. The smallest absolute Gasteiger partial charge is 0.336 e. The van der Waals surface area contributed by atoms with Crippen LogP contribution in [0, 0.1) is 0 Å². The van der Waals surface area contributed by atoms with E-state index in [1.54, 1.807) is 18.2 Å². The molecule has 0 aliphatic carbocycles. The molecule has 0 saturated heterocycles. The Morgan fingerprint density at radius 3 is 2.77 bits per heavy atom. The summed E-state index contributed by atoms with van der Waals surface area (Å²) >= 11 is 0. The van der Waals surface area contributed by atoms with Gasteiger partial charge in [-0.15, -0.1) is 0 Å². The van der Waals surface area contributed by atoms with Gasteiger partial charge in [0.2, 0.25) is 0 Å². The van der Waals surface area contributed by atoms with Gasteiger partial charge < -0.3 is 14.5 Å². The van der Waals surface area contributed by atoms with Gasteiger partial charge in [0, 0.05) is 24.1 Å². The lowest BCUT2D eigenvalue weighted by atomic mass is 10.2. The summed E-state index contributed by atoms with van der Waals surface area (Å²) in [6.07, 6.45) is 0.778. The van der Waals surface area contributed by atoms with Crippen LogP contribution < -0.4 is 21.0 Å². The van der Waals surface area contributed by atoms with Gasteiger partial charge in [-0.1, -0.05) is 6.92 Å².